The summed E-state index contributed by atoms with van der Waals surface area (Å²) in [5.74, 6) is 0. The Morgan fingerprint density at radius 2 is 0.790 bits per heavy atom. The molecule has 0 saturated heterocycles. The van der Waals surface area contributed by atoms with E-state index in [9.17, 15) is 0 Å². The van der Waals surface area contributed by atoms with Crippen molar-refractivity contribution < 1.29 is 4.42 Å². The molecule has 290 valence electrons. The molecule has 13 rings (SSSR count). The first kappa shape index (κ1) is 34.7. The van der Waals surface area contributed by atoms with Crippen molar-refractivity contribution in [2.75, 3.05) is 9.80 Å². The fourth-order valence-corrected chi connectivity index (χ4v) is 10.8. The van der Waals surface area contributed by atoms with Gasteiger partial charge in [-0.1, -0.05) is 158 Å². The van der Waals surface area contributed by atoms with E-state index in [0.717, 1.165) is 56.1 Å². The number of fused-ring (bicyclic) bond motifs is 15. The zero-order valence-electron chi connectivity index (χ0n) is 33.7. The number of benzene rings is 10. The topological polar surface area (TPSA) is 19.6 Å². The average molecular weight is 791 g/mol. The van der Waals surface area contributed by atoms with Crippen LogP contribution in [0.25, 0.3) is 55.0 Å². The van der Waals surface area contributed by atoms with Gasteiger partial charge in [0, 0.05) is 50.5 Å². The summed E-state index contributed by atoms with van der Waals surface area (Å²) in [5.41, 5.74) is 18.0. The zero-order valence-corrected chi connectivity index (χ0v) is 33.7. The first-order chi connectivity index (χ1) is 30.8. The van der Waals surface area contributed by atoms with Gasteiger partial charge in [-0.2, -0.15) is 0 Å². The molecule has 3 nitrogen and oxygen atoms in total. The first-order valence-corrected chi connectivity index (χ1v) is 21.4. The Hall–Kier alpha value is -8.14. The van der Waals surface area contributed by atoms with Crippen LogP contribution >= 0.6 is 0 Å². The average Bonchev–Trinajstić information content (AvgIpc) is 3.97. The maximum atomic E-state index is 6.52. The number of hydrogen-bond acceptors (Lipinski definition) is 3. The standard InChI is InChI=1S/C59H38N2O/c1-4-19-39(20-5-1)60(40-21-6-2-7-22-40)54-38-52-57(46-27-11-10-25-43(46)54)47-28-12-15-30-49(47)59(52)50-31-16-13-29-48(50)58-51(59)32-18-33-53(58)61(41-23-8-3-9-24-41)42-35-36-45-44-26-14-17-34-55(44)62-56(45)37-42/h1-38H. The molecular formula is C59H38N2O. The molecule has 0 aliphatic heterocycles. The molecular weight excluding hydrogens is 753 g/mol. The zero-order chi connectivity index (χ0) is 40.8. The highest BCUT2D eigenvalue weighted by Crippen LogP contribution is 2.66. The van der Waals surface area contributed by atoms with Crippen LogP contribution < -0.4 is 9.80 Å². The van der Waals surface area contributed by atoms with Gasteiger partial charge in [0.25, 0.3) is 0 Å². The van der Waals surface area contributed by atoms with Crippen LogP contribution in [0.4, 0.5) is 34.1 Å². The third-order valence-electron chi connectivity index (χ3n) is 13.2. The molecule has 0 amide bonds. The Labute approximate surface area is 360 Å². The summed E-state index contributed by atoms with van der Waals surface area (Å²) < 4.78 is 6.52. The molecule has 3 heteroatoms. The van der Waals surface area contributed by atoms with Crippen molar-refractivity contribution in [2.24, 2.45) is 0 Å². The highest BCUT2D eigenvalue weighted by molar-refractivity contribution is 6.13. The second kappa shape index (κ2) is 13.4. The monoisotopic (exact) mass is 790 g/mol. The minimum Gasteiger partial charge on any atom is -0.456 e. The molecule has 0 fully saturated rings. The molecule has 1 spiro atoms. The number of para-hydroxylation sites is 4. The Morgan fingerprint density at radius 3 is 1.45 bits per heavy atom. The molecule has 0 bridgehead atoms. The number of nitrogens with zero attached hydrogens (tertiary/aromatic N) is 2. The van der Waals surface area contributed by atoms with E-state index in [4.69, 9.17) is 4.42 Å². The largest absolute Gasteiger partial charge is 0.456 e. The minimum atomic E-state index is -0.600. The van der Waals surface area contributed by atoms with Crippen molar-refractivity contribution in [1.82, 2.24) is 0 Å². The highest BCUT2D eigenvalue weighted by atomic mass is 16.3. The van der Waals surface area contributed by atoms with E-state index in [1.807, 2.05) is 6.07 Å². The van der Waals surface area contributed by atoms with Crippen LogP contribution in [-0.2, 0) is 5.41 Å². The lowest BCUT2D eigenvalue weighted by Gasteiger charge is -2.33. The van der Waals surface area contributed by atoms with Gasteiger partial charge in [0.1, 0.15) is 11.2 Å². The molecule has 0 radical (unpaired) electrons. The van der Waals surface area contributed by atoms with Gasteiger partial charge in [-0.15, -0.1) is 0 Å². The van der Waals surface area contributed by atoms with Gasteiger partial charge in [-0.25, -0.2) is 0 Å². The number of rotatable bonds is 6. The lowest BCUT2D eigenvalue weighted by Crippen LogP contribution is -2.26. The van der Waals surface area contributed by atoms with Crippen LogP contribution in [0.3, 0.4) is 0 Å². The molecule has 0 saturated carbocycles. The fourth-order valence-electron chi connectivity index (χ4n) is 10.8. The minimum absolute atomic E-state index is 0.600. The Bertz CT molecular complexity index is 3500. The third-order valence-corrected chi connectivity index (χ3v) is 13.2. The van der Waals surface area contributed by atoms with Crippen molar-refractivity contribution >= 4 is 66.8 Å². The second-order valence-corrected chi connectivity index (χ2v) is 16.4. The first-order valence-electron chi connectivity index (χ1n) is 21.4. The van der Waals surface area contributed by atoms with Gasteiger partial charge in [0.15, 0.2) is 0 Å². The summed E-state index contributed by atoms with van der Waals surface area (Å²) >= 11 is 0. The molecule has 10 aromatic carbocycles. The SMILES string of the molecule is c1ccc(N(c2ccc3c(c2)oc2ccccc23)c2cccc3c2-c2ccccc2C32c3ccccc3-c3c2cc(N(c2ccccc2)c2ccccc2)c2ccccc32)cc1. The van der Waals surface area contributed by atoms with Gasteiger partial charge in [0.05, 0.1) is 16.8 Å². The summed E-state index contributed by atoms with van der Waals surface area (Å²) in [6.07, 6.45) is 0. The number of hydrogen-bond donors (Lipinski definition) is 0. The smallest absolute Gasteiger partial charge is 0.137 e. The van der Waals surface area contributed by atoms with E-state index < -0.39 is 5.41 Å². The summed E-state index contributed by atoms with van der Waals surface area (Å²) in [7, 11) is 0. The van der Waals surface area contributed by atoms with E-state index >= 15 is 0 Å². The lowest BCUT2D eigenvalue weighted by atomic mass is 9.70. The van der Waals surface area contributed by atoms with Crippen LogP contribution in [0.2, 0.25) is 0 Å². The van der Waals surface area contributed by atoms with E-state index in [1.54, 1.807) is 0 Å². The molecule has 1 atom stereocenters. The van der Waals surface area contributed by atoms with Crippen LogP contribution in [0.5, 0.6) is 0 Å². The van der Waals surface area contributed by atoms with Crippen molar-refractivity contribution in [3.8, 4) is 22.3 Å². The van der Waals surface area contributed by atoms with Crippen LogP contribution in [0.15, 0.2) is 235 Å². The van der Waals surface area contributed by atoms with Gasteiger partial charge >= 0.3 is 0 Å². The Balaban J connectivity index is 1.13. The van der Waals surface area contributed by atoms with Crippen LogP contribution in [0, 0.1) is 0 Å². The molecule has 0 N–H and O–H groups in total. The van der Waals surface area contributed by atoms with Crippen molar-refractivity contribution in [1.29, 1.82) is 0 Å². The van der Waals surface area contributed by atoms with Gasteiger partial charge in [-0.05, 0) is 111 Å². The molecule has 62 heavy (non-hydrogen) atoms. The molecule has 2 aliphatic carbocycles. The van der Waals surface area contributed by atoms with Gasteiger partial charge in [0.2, 0.25) is 0 Å². The van der Waals surface area contributed by atoms with Crippen LogP contribution in [0.1, 0.15) is 22.3 Å². The van der Waals surface area contributed by atoms with E-state index in [2.05, 4.69) is 234 Å². The van der Waals surface area contributed by atoms with E-state index in [0.29, 0.717) is 0 Å². The molecule has 1 unspecified atom stereocenters. The molecule has 1 aromatic heterocycles. The van der Waals surface area contributed by atoms with Crippen molar-refractivity contribution in [2.45, 2.75) is 5.41 Å². The highest BCUT2D eigenvalue weighted by Gasteiger charge is 2.53. The van der Waals surface area contributed by atoms with Crippen molar-refractivity contribution in [3.63, 3.8) is 0 Å². The summed E-state index contributed by atoms with van der Waals surface area (Å²) in [6.45, 7) is 0. The summed E-state index contributed by atoms with van der Waals surface area (Å²) in [6, 6.07) is 84.0. The second-order valence-electron chi connectivity index (χ2n) is 16.4. The molecule has 11 aromatic rings. The Morgan fingerprint density at radius 1 is 0.290 bits per heavy atom. The van der Waals surface area contributed by atoms with Gasteiger partial charge < -0.3 is 14.2 Å². The van der Waals surface area contributed by atoms with Crippen LogP contribution in [-0.4, -0.2) is 0 Å². The predicted octanol–water partition coefficient (Wildman–Crippen LogP) is 16.0. The van der Waals surface area contributed by atoms with Gasteiger partial charge in [-0.3, -0.25) is 0 Å². The van der Waals surface area contributed by atoms with Crippen molar-refractivity contribution in [3.05, 3.63) is 253 Å². The predicted molar refractivity (Wildman–Crippen MR) is 257 cm³/mol. The lowest BCUT2D eigenvalue weighted by molar-refractivity contribution is 0.669. The number of anilines is 6. The van der Waals surface area contributed by atoms with E-state index in [1.165, 1.54) is 55.3 Å². The molecule has 1 heterocycles. The third kappa shape index (κ3) is 4.82. The summed E-state index contributed by atoms with van der Waals surface area (Å²) in [4.78, 5) is 4.85. The van der Waals surface area contributed by atoms with E-state index in [-0.39, 0.29) is 0 Å². The molecule has 2 aliphatic rings. The number of furan rings is 1. The maximum absolute atomic E-state index is 6.52. The quantitative estimate of drug-likeness (QED) is 0.167. The Kier molecular flexibility index (Phi) is 7.52. The normalized spacial score (nSPS) is 14.5. The fraction of sp³-hybridized carbons (Fsp3) is 0.0169. The summed E-state index contributed by atoms with van der Waals surface area (Å²) in [5, 5.41) is 4.69. The maximum Gasteiger partial charge on any atom is 0.137 e.